The Morgan fingerprint density at radius 1 is 1.27 bits per heavy atom. The van der Waals surface area contributed by atoms with Crippen molar-refractivity contribution in [2.45, 2.75) is 24.3 Å². The molecule has 2 aromatic rings. The summed E-state index contributed by atoms with van der Waals surface area (Å²) < 4.78 is 1.83. The highest BCUT2D eigenvalue weighted by Crippen LogP contribution is 2.22. The lowest BCUT2D eigenvalue weighted by Crippen LogP contribution is -2.23. The molecule has 0 saturated heterocycles. The Hall–Kier alpha value is -2.35. The molecular weight excluding hydrogens is 302 g/mol. The first-order valence-corrected chi connectivity index (χ1v) is 7.50. The lowest BCUT2D eigenvalue weighted by Gasteiger charge is -2.11. The van der Waals surface area contributed by atoms with Crippen LogP contribution in [-0.4, -0.2) is 31.8 Å². The Labute approximate surface area is 132 Å². The number of primary amides is 1. The van der Waals surface area contributed by atoms with Crippen molar-refractivity contribution in [2.24, 2.45) is 12.8 Å². The standard InChI is InChI=1S/C14H17N5O2S/c1-8(22-14-18-17-9(2)19(14)3)13(21)16-11-6-4-10(5-7-11)12(15)20/h4-8H,1-3H3,(H2,15,20)(H,16,21)/t8-/m1/s1. The number of nitrogens with zero attached hydrogens (tertiary/aromatic N) is 3. The highest BCUT2D eigenvalue weighted by atomic mass is 32.2. The van der Waals surface area contributed by atoms with Crippen LogP contribution in [0, 0.1) is 6.92 Å². The van der Waals surface area contributed by atoms with Gasteiger partial charge in [-0.3, -0.25) is 9.59 Å². The van der Waals surface area contributed by atoms with E-state index in [9.17, 15) is 9.59 Å². The molecule has 0 unspecified atom stereocenters. The molecule has 0 bridgehead atoms. The van der Waals surface area contributed by atoms with Crippen LogP contribution < -0.4 is 11.1 Å². The van der Waals surface area contributed by atoms with E-state index < -0.39 is 5.91 Å². The molecule has 7 nitrogen and oxygen atoms in total. The van der Waals surface area contributed by atoms with Crippen molar-refractivity contribution in [3.05, 3.63) is 35.7 Å². The van der Waals surface area contributed by atoms with Crippen LogP contribution in [0.2, 0.25) is 0 Å². The summed E-state index contributed by atoms with van der Waals surface area (Å²) >= 11 is 1.33. The van der Waals surface area contributed by atoms with Crippen LogP contribution in [0.15, 0.2) is 29.4 Å². The van der Waals surface area contributed by atoms with Gasteiger partial charge in [0.15, 0.2) is 5.16 Å². The number of aryl methyl sites for hydroxylation is 1. The molecule has 0 saturated carbocycles. The summed E-state index contributed by atoms with van der Waals surface area (Å²) in [6.07, 6.45) is 0. The normalized spacial score (nSPS) is 12.0. The van der Waals surface area contributed by atoms with Crippen molar-refractivity contribution in [3.8, 4) is 0 Å². The van der Waals surface area contributed by atoms with Gasteiger partial charge in [0.2, 0.25) is 11.8 Å². The Bertz CT molecular complexity index is 696. The first-order valence-electron chi connectivity index (χ1n) is 6.62. The van der Waals surface area contributed by atoms with Gasteiger partial charge in [-0.05, 0) is 38.1 Å². The molecule has 0 radical (unpaired) electrons. The van der Waals surface area contributed by atoms with E-state index in [0.717, 1.165) is 5.82 Å². The summed E-state index contributed by atoms with van der Waals surface area (Å²) in [5.74, 6) is 0.133. The molecule has 2 amide bonds. The third-order valence-electron chi connectivity index (χ3n) is 3.14. The quantitative estimate of drug-likeness (QED) is 0.810. The molecular formula is C14H17N5O2S. The zero-order valence-electron chi connectivity index (χ0n) is 12.5. The lowest BCUT2D eigenvalue weighted by molar-refractivity contribution is -0.115. The SMILES string of the molecule is Cc1nnc(S[C@H](C)C(=O)Nc2ccc(C(N)=O)cc2)n1C. The molecule has 0 fully saturated rings. The minimum atomic E-state index is -0.501. The molecule has 1 atom stereocenters. The maximum absolute atomic E-state index is 12.2. The Balaban J connectivity index is 1.99. The second-order valence-electron chi connectivity index (χ2n) is 4.78. The Kier molecular flexibility index (Phi) is 4.81. The van der Waals surface area contributed by atoms with Crippen LogP contribution in [0.5, 0.6) is 0 Å². The highest BCUT2D eigenvalue weighted by Gasteiger charge is 2.18. The molecule has 0 aliphatic carbocycles. The zero-order chi connectivity index (χ0) is 16.3. The van der Waals surface area contributed by atoms with E-state index in [-0.39, 0.29) is 11.2 Å². The minimum Gasteiger partial charge on any atom is -0.366 e. The summed E-state index contributed by atoms with van der Waals surface area (Å²) in [6, 6.07) is 6.42. The molecule has 1 heterocycles. The monoisotopic (exact) mass is 319 g/mol. The Morgan fingerprint density at radius 2 is 1.91 bits per heavy atom. The number of anilines is 1. The molecule has 3 N–H and O–H groups in total. The summed E-state index contributed by atoms with van der Waals surface area (Å²) in [5.41, 5.74) is 6.18. The fraction of sp³-hybridized carbons (Fsp3) is 0.286. The average molecular weight is 319 g/mol. The van der Waals surface area contributed by atoms with Gasteiger partial charge in [0.1, 0.15) is 5.82 Å². The summed E-state index contributed by atoms with van der Waals surface area (Å²) in [4.78, 5) is 23.2. The van der Waals surface area contributed by atoms with Gasteiger partial charge in [-0.2, -0.15) is 0 Å². The number of nitrogens with one attached hydrogen (secondary N) is 1. The van der Waals surface area contributed by atoms with Crippen LogP contribution in [0.3, 0.4) is 0 Å². The van der Waals surface area contributed by atoms with E-state index in [0.29, 0.717) is 16.4 Å². The van der Waals surface area contributed by atoms with Crippen LogP contribution in [0.25, 0.3) is 0 Å². The van der Waals surface area contributed by atoms with Gasteiger partial charge in [0, 0.05) is 18.3 Å². The zero-order valence-corrected chi connectivity index (χ0v) is 13.3. The van der Waals surface area contributed by atoms with E-state index >= 15 is 0 Å². The smallest absolute Gasteiger partial charge is 0.248 e. The second kappa shape index (κ2) is 6.61. The number of aromatic nitrogens is 3. The number of benzene rings is 1. The van der Waals surface area contributed by atoms with Crippen molar-refractivity contribution in [2.75, 3.05) is 5.32 Å². The van der Waals surface area contributed by atoms with E-state index in [1.54, 1.807) is 31.2 Å². The largest absolute Gasteiger partial charge is 0.366 e. The summed E-state index contributed by atoms with van der Waals surface area (Å²) in [5, 5.41) is 11.1. The van der Waals surface area contributed by atoms with E-state index in [1.165, 1.54) is 11.8 Å². The highest BCUT2D eigenvalue weighted by molar-refractivity contribution is 8.00. The molecule has 8 heteroatoms. The van der Waals surface area contributed by atoms with Gasteiger partial charge in [-0.15, -0.1) is 10.2 Å². The van der Waals surface area contributed by atoms with Crippen molar-refractivity contribution in [3.63, 3.8) is 0 Å². The topological polar surface area (TPSA) is 103 Å². The number of carbonyl (C=O) groups excluding carboxylic acids is 2. The van der Waals surface area contributed by atoms with Gasteiger partial charge in [0.05, 0.1) is 5.25 Å². The number of amides is 2. The van der Waals surface area contributed by atoms with Crippen molar-refractivity contribution >= 4 is 29.3 Å². The number of hydrogen-bond donors (Lipinski definition) is 2. The maximum atomic E-state index is 12.2. The van der Waals surface area contributed by atoms with E-state index in [2.05, 4.69) is 15.5 Å². The summed E-state index contributed by atoms with van der Waals surface area (Å²) in [6.45, 7) is 3.64. The fourth-order valence-corrected chi connectivity index (χ4v) is 2.52. The van der Waals surface area contributed by atoms with Gasteiger partial charge in [0.25, 0.3) is 0 Å². The molecule has 116 valence electrons. The number of carbonyl (C=O) groups is 2. The van der Waals surface area contributed by atoms with Gasteiger partial charge >= 0.3 is 0 Å². The molecule has 0 aliphatic rings. The molecule has 0 spiro atoms. The third-order valence-corrected chi connectivity index (χ3v) is 4.27. The molecule has 1 aromatic heterocycles. The molecule has 2 rings (SSSR count). The number of hydrogen-bond acceptors (Lipinski definition) is 5. The van der Waals surface area contributed by atoms with Crippen molar-refractivity contribution in [1.29, 1.82) is 0 Å². The average Bonchev–Trinajstić information content (AvgIpc) is 2.79. The lowest BCUT2D eigenvalue weighted by atomic mass is 10.2. The minimum absolute atomic E-state index is 0.155. The predicted octanol–water partition coefficient (Wildman–Crippen LogP) is 1.34. The third kappa shape index (κ3) is 3.64. The number of nitrogens with two attached hydrogens (primary N) is 1. The van der Waals surface area contributed by atoms with E-state index in [4.69, 9.17) is 5.73 Å². The first kappa shape index (κ1) is 16.0. The summed E-state index contributed by atoms with van der Waals surface area (Å²) in [7, 11) is 1.85. The van der Waals surface area contributed by atoms with Gasteiger partial charge in [-0.25, -0.2) is 0 Å². The number of rotatable bonds is 5. The fourth-order valence-electron chi connectivity index (χ4n) is 1.66. The molecule has 0 aliphatic heterocycles. The van der Waals surface area contributed by atoms with Crippen LogP contribution >= 0.6 is 11.8 Å². The Morgan fingerprint density at radius 3 is 2.41 bits per heavy atom. The van der Waals surface area contributed by atoms with Crippen LogP contribution in [-0.2, 0) is 11.8 Å². The van der Waals surface area contributed by atoms with Crippen molar-refractivity contribution < 1.29 is 9.59 Å². The predicted molar refractivity (Wildman–Crippen MR) is 84.6 cm³/mol. The van der Waals surface area contributed by atoms with E-state index in [1.807, 2.05) is 18.5 Å². The van der Waals surface area contributed by atoms with Crippen LogP contribution in [0.1, 0.15) is 23.1 Å². The molecule has 1 aromatic carbocycles. The van der Waals surface area contributed by atoms with Gasteiger partial charge < -0.3 is 15.6 Å². The second-order valence-corrected chi connectivity index (χ2v) is 6.09. The molecule has 22 heavy (non-hydrogen) atoms. The van der Waals surface area contributed by atoms with Crippen molar-refractivity contribution in [1.82, 2.24) is 14.8 Å². The van der Waals surface area contributed by atoms with Gasteiger partial charge in [-0.1, -0.05) is 11.8 Å². The first-order chi connectivity index (χ1) is 10.4. The number of thioether (sulfide) groups is 1. The van der Waals surface area contributed by atoms with Crippen LogP contribution in [0.4, 0.5) is 5.69 Å². The maximum Gasteiger partial charge on any atom is 0.248 e.